The van der Waals surface area contributed by atoms with Crippen LogP contribution in [0.15, 0.2) is 36.4 Å². The normalized spacial score (nSPS) is 12.3. The van der Waals surface area contributed by atoms with Gasteiger partial charge in [-0.1, -0.05) is 29.8 Å². The molecule has 0 aliphatic carbocycles. The number of rotatable bonds is 3. The maximum atomic E-state index is 13.1. The van der Waals surface area contributed by atoms with E-state index in [-0.39, 0.29) is 18.9 Å². The predicted molar refractivity (Wildman–Crippen MR) is 90.4 cm³/mol. The molecule has 0 fully saturated rings. The van der Waals surface area contributed by atoms with Gasteiger partial charge in [0.05, 0.1) is 11.1 Å². The molecule has 0 aliphatic heterocycles. The van der Waals surface area contributed by atoms with Gasteiger partial charge >= 0.3 is 12.4 Å². The van der Waals surface area contributed by atoms with E-state index in [9.17, 15) is 31.1 Å². The molecule has 0 spiro atoms. The zero-order valence-electron chi connectivity index (χ0n) is 14.1. The van der Waals surface area contributed by atoms with Crippen LogP contribution < -0.4 is 5.30 Å². The van der Waals surface area contributed by atoms with Gasteiger partial charge in [-0.3, -0.25) is 4.79 Å². The summed E-state index contributed by atoms with van der Waals surface area (Å²) in [6, 6.07) is 6.57. The summed E-state index contributed by atoms with van der Waals surface area (Å²) in [6.45, 7) is 3.45. The number of carbonyl (C=O) groups excluding carboxylic acids is 1. The average molecular weight is 385 g/mol. The van der Waals surface area contributed by atoms with Crippen molar-refractivity contribution in [1.82, 2.24) is 0 Å². The molecule has 0 amide bonds. The van der Waals surface area contributed by atoms with Crippen LogP contribution in [-0.4, -0.2) is 24.4 Å². The zero-order valence-corrected chi connectivity index (χ0v) is 15.1. The molecule has 2 aromatic carbocycles. The maximum absolute atomic E-state index is 13.1. The number of benzene rings is 2. The minimum Gasteiger partial charge on any atom is -0.289 e. The van der Waals surface area contributed by atoms with Crippen LogP contribution in [0, 0.1) is 13.8 Å². The summed E-state index contributed by atoms with van der Waals surface area (Å²) in [5.74, 6) is 0. The van der Waals surface area contributed by atoms with Gasteiger partial charge in [0.2, 0.25) is 0 Å². The van der Waals surface area contributed by atoms with Crippen LogP contribution >= 0.6 is 8.58 Å². The van der Waals surface area contributed by atoms with E-state index >= 15 is 0 Å². The quantitative estimate of drug-likeness (QED) is 0.408. The van der Waals surface area contributed by atoms with Crippen LogP contribution in [0.25, 0.3) is 0 Å². The summed E-state index contributed by atoms with van der Waals surface area (Å²) in [5.41, 5.74) is -4.11. The summed E-state index contributed by atoms with van der Waals surface area (Å²) < 4.78 is 78.8. The van der Waals surface area contributed by atoms with E-state index in [1.165, 1.54) is 0 Å². The third kappa shape index (κ3) is 5.13. The Labute approximate surface area is 160 Å². The van der Waals surface area contributed by atoms with Crippen molar-refractivity contribution in [3.05, 3.63) is 64.2 Å². The molecule has 2 aromatic rings. The van der Waals surface area contributed by atoms with Crippen LogP contribution in [-0.2, 0) is 12.4 Å². The largest absolute Gasteiger partial charge is 0.417 e. The van der Waals surface area contributed by atoms with Crippen molar-refractivity contribution in [3.8, 4) is 0 Å². The fourth-order valence-corrected chi connectivity index (χ4v) is 3.48. The fraction of sp³-hybridized carbons (Fsp3) is 0.235. The Morgan fingerprint density at radius 3 is 1.81 bits per heavy atom. The van der Waals surface area contributed by atoms with Gasteiger partial charge in [0, 0.05) is 24.4 Å². The number of hydrogen-bond donors (Lipinski definition) is 0. The van der Waals surface area contributed by atoms with Crippen molar-refractivity contribution >= 4 is 38.3 Å². The number of aryl methyl sites for hydroxylation is 2. The SMILES string of the molecule is Cc1ccc(PC(=O)c2c(C(F)(F)F)cccc2C(F)(F)F)c(C)c1.[Li]. The Morgan fingerprint density at radius 1 is 0.885 bits per heavy atom. The van der Waals surface area contributed by atoms with Crippen molar-refractivity contribution in [2.24, 2.45) is 0 Å². The van der Waals surface area contributed by atoms with Crippen molar-refractivity contribution in [2.75, 3.05) is 0 Å². The summed E-state index contributed by atoms with van der Waals surface area (Å²) in [5, 5.41) is 0.417. The van der Waals surface area contributed by atoms with E-state index in [1.807, 2.05) is 0 Å². The molecule has 0 aliphatic rings. The molecule has 1 atom stereocenters. The molecule has 9 heteroatoms. The van der Waals surface area contributed by atoms with E-state index in [4.69, 9.17) is 0 Å². The average Bonchev–Trinajstić information content (AvgIpc) is 2.47. The van der Waals surface area contributed by atoms with Crippen molar-refractivity contribution < 1.29 is 31.1 Å². The second-order valence-electron chi connectivity index (χ2n) is 5.50. The maximum Gasteiger partial charge on any atom is 0.417 e. The Balaban J connectivity index is 0.00000338. The topological polar surface area (TPSA) is 17.1 Å². The molecule has 1 radical (unpaired) electrons. The number of alkyl halides is 6. The first-order valence-electron chi connectivity index (χ1n) is 7.07. The summed E-state index contributed by atoms with van der Waals surface area (Å²) in [6.07, 6.45) is -10.1. The zero-order chi connectivity index (χ0) is 19.0. The van der Waals surface area contributed by atoms with Gasteiger partial charge in [-0.05, 0) is 45.4 Å². The molecule has 0 aromatic heterocycles. The van der Waals surface area contributed by atoms with Crippen molar-refractivity contribution in [1.29, 1.82) is 0 Å². The third-order valence-corrected chi connectivity index (χ3v) is 4.84. The monoisotopic (exact) mass is 385 g/mol. The number of carbonyl (C=O) groups is 1. The summed E-state index contributed by atoms with van der Waals surface area (Å²) >= 11 is 0. The Bertz CT molecular complexity index is 782. The van der Waals surface area contributed by atoms with Crippen LogP contribution in [0.1, 0.15) is 32.6 Å². The molecule has 0 bridgehead atoms. The van der Waals surface area contributed by atoms with Crippen molar-refractivity contribution in [3.63, 3.8) is 0 Å². The van der Waals surface area contributed by atoms with Crippen LogP contribution in [0.2, 0.25) is 0 Å². The van der Waals surface area contributed by atoms with E-state index in [0.717, 1.165) is 5.56 Å². The first-order chi connectivity index (χ1) is 11.4. The molecule has 1 nitrogen and oxygen atoms in total. The second-order valence-corrected chi connectivity index (χ2v) is 6.74. The molecular weight excluding hydrogens is 372 g/mol. The minimum absolute atomic E-state index is 0. The van der Waals surface area contributed by atoms with Crippen molar-refractivity contribution in [2.45, 2.75) is 26.2 Å². The van der Waals surface area contributed by atoms with Gasteiger partial charge < -0.3 is 0 Å². The first-order valence-corrected chi connectivity index (χ1v) is 8.07. The van der Waals surface area contributed by atoms with Crippen LogP contribution in [0.4, 0.5) is 26.3 Å². The van der Waals surface area contributed by atoms with E-state index < -0.39 is 43.1 Å². The molecule has 135 valence electrons. The standard InChI is InChI=1S/C17H13F6OP.Li/c1-9-6-7-13(10(2)8-9)25-15(24)14-11(16(18,19)20)4-3-5-12(14)17(21,22)23;/h3-8,25H,1-2H3;. The molecule has 0 heterocycles. The summed E-state index contributed by atoms with van der Waals surface area (Å²) in [7, 11) is -0.837. The number of halogens is 6. The number of hydrogen-bond acceptors (Lipinski definition) is 1. The molecule has 0 saturated carbocycles. The Morgan fingerprint density at radius 2 is 1.38 bits per heavy atom. The Kier molecular flexibility index (Phi) is 7.15. The molecule has 0 saturated heterocycles. The fourth-order valence-electron chi connectivity index (χ4n) is 2.41. The van der Waals surface area contributed by atoms with Gasteiger partial charge in [0.15, 0.2) is 5.52 Å². The third-order valence-electron chi connectivity index (χ3n) is 3.53. The molecule has 2 rings (SSSR count). The Hall–Kier alpha value is -1.28. The summed E-state index contributed by atoms with van der Waals surface area (Å²) in [4.78, 5) is 12.4. The van der Waals surface area contributed by atoms with Gasteiger partial charge in [-0.25, -0.2) is 0 Å². The molecule has 0 N–H and O–H groups in total. The molecule has 1 unspecified atom stereocenters. The minimum atomic E-state index is -5.06. The molecule has 26 heavy (non-hydrogen) atoms. The first kappa shape index (κ1) is 22.8. The van der Waals surface area contributed by atoms with Crippen LogP contribution in [0.3, 0.4) is 0 Å². The van der Waals surface area contributed by atoms with E-state index in [1.54, 1.807) is 32.0 Å². The van der Waals surface area contributed by atoms with E-state index in [2.05, 4.69) is 0 Å². The van der Waals surface area contributed by atoms with Crippen LogP contribution in [0.5, 0.6) is 0 Å². The van der Waals surface area contributed by atoms with Gasteiger partial charge in [-0.15, -0.1) is 0 Å². The predicted octanol–water partition coefficient (Wildman–Crippen LogP) is 5.10. The van der Waals surface area contributed by atoms with E-state index in [0.29, 0.717) is 29.1 Å². The second kappa shape index (κ2) is 8.17. The smallest absolute Gasteiger partial charge is 0.289 e. The van der Waals surface area contributed by atoms with Gasteiger partial charge in [-0.2, -0.15) is 26.3 Å². The van der Waals surface area contributed by atoms with Gasteiger partial charge in [0.25, 0.3) is 0 Å². The molecular formula is C17H13F6LiOP. The van der Waals surface area contributed by atoms with Gasteiger partial charge in [0.1, 0.15) is 0 Å².